The number of methoxy groups -OCH3 is 1. The van der Waals surface area contributed by atoms with Crippen LogP contribution in [0.4, 0.5) is 0 Å². The van der Waals surface area contributed by atoms with Gasteiger partial charge in [-0.3, -0.25) is 14.5 Å². The van der Waals surface area contributed by atoms with Crippen LogP contribution in [0.25, 0.3) is 6.08 Å². The van der Waals surface area contributed by atoms with Gasteiger partial charge >= 0.3 is 0 Å². The van der Waals surface area contributed by atoms with Gasteiger partial charge < -0.3 is 25.3 Å². The lowest BCUT2D eigenvalue weighted by Gasteiger charge is -2.42. The van der Waals surface area contributed by atoms with Crippen molar-refractivity contribution in [3.63, 3.8) is 0 Å². The molecular formula is C33H42N4O5. The molecule has 0 radical (unpaired) electrons. The topological polar surface area (TPSA) is 115 Å². The van der Waals surface area contributed by atoms with E-state index in [2.05, 4.69) is 23.5 Å². The van der Waals surface area contributed by atoms with E-state index in [1.54, 1.807) is 24.1 Å². The fraction of sp³-hybridized carbons (Fsp3) is 0.485. The number of nitrogens with zero attached hydrogens (tertiary/aromatic N) is 2. The Morgan fingerprint density at radius 2 is 1.90 bits per heavy atom. The molecule has 2 aromatic rings. The first-order chi connectivity index (χ1) is 20.2. The number of hydrogen-bond donors (Lipinski definition) is 2. The first-order valence-electron chi connectivity index (χ1n) is 14.9. The van der Waals surface area contributed by atoms with Crippen molar-refractivity contribution in [2.24, 2.45) is 16.6 Å². The average Bonchev–Trinajstić information content (AvgIpc) is 2.96. The predicted molar refractivity (Wildman–Crippen MR) is 163 cm³/mol. The number of hydrogen-bond acceptors (Lipinski definition) is 7. The average molecular weight is 575 g/mol. The Morgan fingerprint density at radius 3 is 2.67 bits per heavy atom. The van der Waals surface area contributed by atoms with Gasteiger partial charge in [-0.1, -0.05) is 32.1 Å². The van der Waals surface area contributed by atoms with Gasteiger partial charge in [0.15, 0.2) is 5.96 Å². The number of carbonyl (C=O) groups excluding carboxylic acids is 2. The van der Waals surface area contributed by atoms with Crippen LogP contribution in [0.1, 0.15) is 92.5 Å². The fourth-order valence-electron chi connectivity index (χ4n) is 6.34. The Labute approximate surface area is 248 Å². The van der Waals surface area contributed by atoms with Crippen LogP contribution in [0.2, 0.25) is 0 Å². The van der Waals surface area contributed by atoms with Crippen LogP contribution < -0.4 is 20.5 Å². The number of nitrogens with one attached hydrogen (secondary N) is 1. The molecule has 0 aliphatic carbocycles. The monoisotopic (exact) mass is 574 g/mol. The van der Waals surface area contributed by atoms with E-state index in [-0.39, 0.29) is 42.2 Å². The molecule has 4 atom stereocenters. The van der Waals surface area contributed by atoms with Gasteiger partial charge in [-0.05, 0) is 62.6 Å². The van der Waals surface area contributed by atoms with E-state index in [9.17, 15) is 9.59 Å². The second kappa shape index (κ2) is 12.2. The van der Waals surface area contributed by atoms with Gasteiger partial charge in [0.2, 0.25) is 5.91 Å². The minimum absolute atomic E-state index is 0.0823. The maximum atomic E-state index is 13.7. The van der Waals surface area contributed by atoms with Crippen LogP contribution in [0, 0.1) is 5.92 Å². The zero-order valence-electron chi connectivity index (χ0n) is 25.2. The molecule has 42 heavy (non-hydrogen) atoms. The summed E-state index contributed by atoms with van der Waals surface area (Å²) in [4.78, 5) is 33.6. The van der Waals surface area contributed by atoms with Crippen LogP contribution in [0.15, 0.2) is 47.5 Å². The molecule has 9 heteroatoms. The number of rotatable bonds is 2. The second-order valence-electron chi connectivity index (χ2n) is 11.7. The van der Waals surface area contributed by atoms with E-state index in [0.29, 0.717) is 37.4 Å². The molecule has 0 spiro atoms. The number of fused-ring (bicyclic) bond motifs is 4. The maximum Gasteiger partial charge on any atom is 0.251 e. The highest BCUT2D eigenvalue weighted by Gasteiger charge is 2.42. The van der Waals surface area contributed by atoms with Crippen molar-refractivity contribution < 1.29 is 23.8 Å². The van der Waals surface area contributed by atoms with Crippen molar-refractivity contribution in [2.75, 3.05) is 20.3 Å². The molecule has 7 rings (SSSR count). The third-order valence-corrected chi connectivity index (χ3v) is 8.16. The van der Waals surface area contributed by atoms with Gasteiger partial charge in [0.25, 0.3) is 5.91 Å². The Hall–Kier alpha value is -3.85. The van der Waals surface area contributed by atoms with Crippen molar-refractivity contribution in [1.29, 1.82) is 0 Å². The van der Waals surface area contributed by atoms with Gasteiger partial charge in [-0.2, -0.15) is 0 Å². The summed E-state index contributed by atoms with van der Waals surface area (Å²) in [6.07, 6.45) is 6.53. The Kier molecular flexibility index (Phi) is 8.59. The summed E-state index contributed by atoms with van der Waals surface area (Å²) in [6, 6.07) is 10.6. The van der Waals surface area contributed by atoms with Crippen molar-refractivity contribution in [1.82, 2.24) is 10.2 Å². The predicted octanol–water partition coefficient (Wildman–Crippen LogP) is 5.16. The van der Waals surface area contributed by atoms with E-state index in [1.165, 1.54) is 0 Å². The molecule has 0 saturated carbocycles. The number of carbonyl (C=O) groups is 2. The summed E-state index contributed by atoms with van der Waals surface area (Å²) in [5.41, 5.74) is 9.23. The first kappa shape index (κ1) is 29.6. The zero-order chi connectivity index (χ0) is 30.0. The fourth-order valence-corrected chi connectivity index (χ4v) is 6.34. The summed E-state index contributed by atoms with van der Waals surface area (Å²) >= 11 is 0. The molecule has 5 heterocycles. The van der Waals surface area contributed by atoms with Crippen molar-refractivity contribution in [2.45, 2.75) is 77.1 Å². The van der Waals surface area contributed by atoms with Crippen LogP contribution in [-0.2, 0) is 9.53 Å². The minimum Gasteiger partial charge on any atom is -0.493 e. The van der Waals surface area contributed by atoms with Crippen molar-refractivity contribution in [3.05, 3.63) is 64.7 Å². The lowest BCUT2D eigenvalue weighted by molar-refractivity contribution is -0.132. The molecule has 224 valence electrons. The molecule has 0 saturated heterocycles. The number of nitrogens with two attached hydrogens (primary N) is 1. The molecule has 3 unspecified atom stereocenters. The Balaban J connectivity index is 0.00000173. The molecule has 0 aromatic heterocycles. The van der Waals surface area contributed by atoms with Crippen molar-refractivity contribution in [3.8, 4) is 11.5 Å². The number of allylic oxidation sites excluding steroid dienone is 1. The lowest BCUT2D eigenvalue weighted by Crippen LogP contribution is -2.53. The van der Waals surface area contributed by atoms with E-state index in [1.807, 2.05) is 45.9 Å². The summed E-state index contributed by atoms with van der Waals surface area (Å²) in [5.74, 6) is 1.13. The molecular weight excluding hydrogens is 532 g/mol. The van der Waals surface area contributed by atoms with Gasteiger partial charge in [-0.25, -0.2) is 4.99 Å². The number of ether oxygens (including phenoxy) is 3. The third-order valence-electron chi connectivity index (χ3n) is 8.16. The molecule has 9 nitrogen and oxygen atoms in total. The number of guanidine groups is 1. The van der Waals surface area contributed by atoms with Crippen LogP contribution in [0.3, 0.4) is 0 Å². The highest BCUT2D eigenvalue weighted by atomic mass is 16.5. The second-order valence-corrected chi connectivity index (χ2v) is 11.7. The van der Waals surface area contributed by atoms with Gasteiger partial charge in [0, 0.05) is 42.6 Å². The van der Waals surface area contributed by atoms with E-state index < -0.39 is 11.6 Å². The Bertz CT molecular complexity index is 1400. The minimum atomic E-state index is -0.460. The highest BCUT2D eigenvalue weighted by molar-refractivity contribution is 5.99. The summed E-state index contributed by atoms with van der Waals surface area (Å²) < 4.78 is 17.8. The maximum absolute atomic E-state index is 13.7. The van der Waals surface area contributed by atoms with Gasteiger partial charge in [0.1, 0.15) is 17.1 Å². The number of aliphatic imine (C=N–C) groups is 1. The standard InChI is InChI=1S/C31H36N4O5.C2H6/c1-31(2)15-24-22-12-18(8-10-26(22)40-31)6-4-5-7-21-14-27(36)35(30(32)33-21)28-20(16-38-3)17-39-25-11-9-19(13-23(25)28)29(37)34-24;1-2/h4,6,8-13,20-21,24,28H,5,7,14-17H2,1-3H3,(H2,32,33)(H,34,37);1-2H3/b6-4-;/t20?,21?,24?,28-;/m1./s1. The van der Waals surface area contributed by atoms with Gasteiger partial charge in [0.05, 0.1) is 31.3 Å². The number of benzene rings is 2. The smallest absolute Gasteiger partial charge is 0.251 e. The quantitative estimate of drug-likeness (QED) is 0.512. The number of amides is 2. The van der Waals surface area contributed by atoms with E-state index in [0.717, 1.165) is 28.9 Å². The largest absolute Gasteiger partial charge is 0.493 e. The zero-order valence-corrected chi connectivity index (χ0v) is 25.2. The van der Waals surface area contributed by atoms with E-state index >= 15 is 0 Å². The van der Waals surface area contributed by atoms with Crippen molar-refractivity contribution >= 4 is 23.8 Å². The molecule has 5 aliphatic heterocycles. The highest BCUT2D eigenvalue weighted by Crippen LogP contribution is 2.43. The summed E-state index contributed by atoms with van der Waals surface area (Å²) in [5, 5.41) is 3.26. The van der Waals surface area contributed by atoms with Crippen LogP contribution in [-0.4, -0.2) is 54.6 Å². The molecule has 5 aliphatic rings. The van der Waals surface area contributed by atoms with Crippen LogP contribution in [0.5, 0.6) is 11.5 Å². The first-order valence-corrected chi connectivity index (χ1v) is 14.9. The molecule has 0 fully saturated rings. The van der Waals surface area contributed by atoms with Gasteiger partial charge in [-0.15, -0.1) is 0 Å². The normalized spacial score (nSPS) is 26.7. The lowest BCUT2D eigenvalue weighted by atomic mass is 9.87. The molecule has 3 N–H and O–H groups in total. The summed E-state index contributed by atoms with van der Waals surface area (Å²) in [6.45, 7) is 8.79. The molecule has 2 aromatic carbocycles. The molecule has 2 amide bonds. The third kappa shape index (κ3) is 5.88. The molecule has 6 bridgehead atoms. The van der Waals surface area contributed by atoms with Crippen LogP contribution >= 0.6 is 0 Å². The Morgan fingerprint density at radius 1 is 1.12 bits per heavy atom. The summed E-state index contributed by atoms with van der Waals surface area (Å²) in [7, 11) is 1.62. The SMILES string of the molecule is CC.COCC1COc2ccc3cc2[C@@H]1N1C(=O)CC(CC/C=C\c2ccc4c(c2)C(CC(C)(C)O4)NC3=O)N=C1N. The van der Waals surface area contributed by atoms with E-state index in [4.69, 9.17) is 24.9 Å².